The fraction of sp³-hybridized carbons (Fsp3) is 0.348. The third-order valence-electron chi connectivity index (χ3n) is 5.37. The number of likely N-dealkylation sites (tertiary alicyclic amines) is 1. The maximum absolute atomic E-state index is 12.5. The van der Waals surface area contributed by atoms with E-state index < -0.39 is 5.92 Å². The Morgan fingerprint density at radius 2 is 1.79 bits per heavy atom. The summed E-state index contributed by atoms with van der Waals surface area (Å²) in [6, 6.07) is 17.3. The normalized spacial score (nSPS) is 17.1. The lowest BCUT2D eigenvalue weighted by Gasteiger charge is -2.25. The quantitative estimate of drug-likeness (QED) is 0.759. The van der Waals surface area contributed by atoms with Crippen molar-refractivity contribution < 1.29 is 14.4 Å². The lowest BCUT2D eigenvalue weighted by atomic mass is 10.1. The van der Waals surface area contributed by atoms with Crippen molar-refractivity contribution in [2.45, 2.75) is 32.7 Å². The van der Waals surface area contributed by atoms with E-state index in [2.05, 4.69) is 10.6 Å². The number of hydrogen-bond acceptors (Lipinski definition) is 3. The standard InChI is InChI=1S/C23H27N3O3/c1-3-17-9-7-8-12-20(17)25-21(27)14-24-23(29)19-13-22(28)26(15-19)16(2)18-10-5-4-6-11-18/h4-12,16,19H,3,13-15H2,1-2H3,(H,24,29)(H,25,27). The van der Waals surface area contributed by atoms with Gasteiger partial charge in [-0.25, -0.2) is 0 Å². The third kappa shape index (κ3) is 5.02. The monoisotopic (exact) mass is 393 g/mol. The van der Waals surface area contributed by atoms with E-state index in [9.17, 15) is 14.4 Å². The van der Waals surface area contributed by atoms with E-state index in [0.717, 1.165) is 23.2 Å². The SMILES string of the molecule is CCc1ccccc1NC(=O)CNC(=O)C1CC(=O)N(C(C)c2ccccc2)C1. The van der Waals surface area contributed by atoms with E-state index >= 15 is 0 Å². The molecule has 3 amide bonds. The van der Waals surface area contributed by atoms with Crippen LogP contribution in [0.1, 0.15) is 37.4 Å². The Labute approximate surface area is 171 Å². The maximum atomic E-state index is 12.5. The Kier molecular flexibility index (Phi) is 6.65. The Morgan fingerprint density at radius 1 is 1.10 bits per heavy atom. The van der Waals surface area contributed by atoms with Gasteiger partial charge in [-0.15, -0.1) is 0 Å². The van der Waals surface area contributed by atoms with Crippen LogP contribution in [0.4, 0.5) is 5.69 Å². The molecule has 1 heterocycles. The molecule has 2 atom stereocenters. The first-order valence-electron chi connectivity index (χ1n) is 9.99. The number of carbonyl (C=O) groups is 3. The molecule has 1 saturated heterocycles. The number of nitrogens with one attached hydrogen (secondary N) is 2. The van der Waals surface area contributed by atoms with Gasteiger partial charge in [0.05, 0.1) is 18.5 Å². The van der Waals surface area contributed by atoms with Crippen molar-refractivity contribution in [1.29, 1.82) is 0 Å². The minimum absolute atomic E-state index is 0.0390. The van der Waals surface area contributed by atoms with Crippen LogP contribution in [0.25, 0.3) is 0 Å². The van der Waals surface area contributed by atoms with Crippen LogP contribution < -0.4 is 10.6 Å². The van der Waals surface area contributed by atoms with Crippen LogP contribution in [0.2, 0.25) is 0 Å². The summed E-state index contributed by atoms with van der Waals surface area (Å²) in [5, 5.41) is 5.51. The second kappa shape index (κ2) is 9.37. The van der Waals surface area contributed by atoms with Crippen LogP contribution in [0.15, 0.2) is 54.6 Å². The lowest BCUT2D eigenvalue weighted by molar-refractivity contribution is -0.130. The van der Waals surface area contributed by atoms with E-state index in [1.165, 1.54) is 0 Å². The van der Waals surface area contributed by atoms with Gasteiger partial charge >= 0.3 is 0 Å². The summed E-state index contributed by atoms with van der Waals surface area (Å²) < 4.78 is 0. The highest BCUT2D eigenvalue weighted by atomic mass is 16.2. The number of benzene rings is 2. The zero-order chi connectivity index (χ0) is 20.8. The molecule has 6 nitrogen and oxygen atoms in total. The number of nitrogens with zero attached hydrogens (tertiary/aromatic N) is 1. The first-order valence-corrected chi connectivity index (χ1v) is 9.99. The van der Waals surface area contributed by atoms with Gasteiger partial charge < -0.3 is 15.5 Å². The van der Waals surface area contributed by atoms with E-state index in [1.807, 2.05) is 68.4 Å². The third-order valence-corrected chi connectivity index (χ3v) is 5.37. The van der Waals surface area contributed by atoms with Crippen molar-refractivity contribution in [3.05, 3.63) is 65.7 Å². The van der Waals surface area contributed by atoms with Crippen molar-refractivity contribution in [3.63, 3.8) is 0 Å². The minimum atomic E-state index is -0.440. The molecular weight excluding hydrogens is 366 g/mol. The van der Waals surface area contributed by atoms with Crippen LogP contribution in [0.3, 0.4) is 0 Å². The van der Waals surface area contributed by atoms with Gasteiger partial charge in [0, 0.05) is 18.7 Å². The van der Waals surface area contributed by atoms with Crippen molar-refractivity contribution in [2.75, 3.05) is 18.4 Å². The zero-order valence-corrected chi connectivity index (χ0v) is 16.9. The molecule has 6 heteroatoms. The number of rotatable bonds is 7. The van der Waals surface area contributed by atoms with Gasteiger partial charge in [0.25, 0.3) is 0 Å². The first-order chi connectivity index (χ1) is 14.0. The Balaban J connectivity index is 1.52. The van der Waals surface area contributed by atoms with E-state index in [-0.39, 0.29) is 36.7 Å². The number of aryl methyl sites for hydroxylation is 1. The average Bonchev–Trinajstić information content (AvgIpc) is 3.14. The second-order valence-electron chi connectivity index (χ2n) is 7.31. The van der Waals surface area contributed by atoms with Gasteiger partial charge in [0.1, 0.15) is 0 Å². The molecule has 2 aromatic carbocycles. The summed E-state index contributed by atoms with van der Waals surface area (Å²) in [4.78, 5) is 38.9. The molecule has 2 unspecified atom stereocenters. The van der Waals surface area contributed by atoms with Gasteiger partial charge in [0.15, 0.2) is 0 Å². The number of para-hydroxylation sites is 1. The van der Waals surface area contributed by atoms with E-state index in [0.29, 0.717) is 6.54 Å². The van der Waals surface area contributed by atoms with Gasteiger partial charge in [0.2, 0.25) is 17.7 Å². The molecule has 0 aliphatic carbocycles. The molecule has 0 radical (unpaired) electrons. The Bertz CT molecular complexity index is 882. The summed E-state index contributed by atoms with van der Waals surface area (Å²) >= 11 is 0. The molecule has 152 valence electrons. The number of amides is 3. The average molecular weight is 393 g/mol. The van der Waals surface area contributed by atoms with Crippen molar-refractivity contribution >= 4 is 23.4 Å². The van der Waals surface area contributed by atoms with Gasteiger partial charge in [-0.2, -0.15) is 0 Å². The van der Waals surface area contributed by atoms with Gasteiger partial charge in [-0.3, -0.25) is 14.4 Å². The predicted octanol–water partition coefficient (Wildman–Crippen LogP) is 2.91. The molecule has 1 fully saturated rings. The smallest absolute Gasteiger partial charge is 0.243 e. The predicted molar refractivity (Wildman–Crippen MR) is 112 cm³/mol. The fourth-order valence-corrected chi connectivity index (χ4v) is 3.65. The molecule has 1 aliphatic heterocycles. The molecule has 0 aromatic heterocycles. The molecule has 0 spiro atoms. The number of anilines is 1. The van der Waals surface area contributed by atoms with E-state index in [4.69, 9.17) is 0 Å². The molecule has 3 rings (SSSR count). The highest BCUT2D eigenvalue weighted by molar-refractivity contribution is 5.96. The largest absolute Gasteiger partial charge is 0.347 e. The van der Waals surface area contributed by atoms with Crippen molar-refractivity contribution in [2.24, 2.45) is 5.92 Å². The zero-order valence-electron chi connectivity index (χ0n) is 16.9. The topological polar surface area (TPSA) is 78.5 Å². The van der Waals surface area contributed by atoms with Gasteiger partial charge in [-0.05, 0) is 30.5 Å². The lowest BCUT2D eigenvalue weighted by Crippen LogP contribution is -2.38. The van der Waals surface area contributed by atoms with E-state index in [1.54, 1.807) is 4.90 Å². The molecule has 0 saturated carbocycles. The summed E-state index contributed by atoms with van der Waals surface area (Å²) in [5.41, 5.74) is 2.84. The summed E-state index contributed by atoms with van der Waals surface area (Å²) in [6.45, 7) is 4.23. The molecule has 29 heavy (non-hydrogen) atoms. The molecule has 2 aromatic rings. The Hall–Kier alpha value is -3.15. The first kappa shape index (κ1) is 20.6. The van der Waals surface area contributed by atoms with Crippen molar-refractivity contribution in [1.82, 2.24) is 10.2 Å². The van der Waals surface area contributed by atoms with Crippen LogP contribution in [0.5, 0.6) is 0 Å². The summed E-state index contributed by atoms with van der Waals surface area (Å²) in [7, 11) is 0. The van der Waals surface area contributed by atoms with Crippen LogP contribution in [-0.2, 0) is 20.8 Å². The van der Waals surface area contributed by atoms with Crippen LogP contribution in [-0.4, -0.2) is 35.7 Å². The summed E-state index contributed by atoms with van der Waals surface area (Å²) in [5.74, 6) is -1.02. The molecule has 1 aliphatic rings. The second-order valence-corrected chi connectivity index (χ2v) is 7.31. The highest BCUT2D eigenvalue weighted by Gasteiger charge is 2.37. The van der Waals surface area contributed by atoms with Crippen LogP contribution >= 0.6 is 0 Å². The highest BCUT2D eigenvalue weighted by Crippen LogP contribution is 2.28. The maximum Gasteiger partial charge on any atom is 0.243 e. The van der Waals surface area contributed by atoms with Crippen molar-refractivity contribution in [3.8, 4) is 0 Å². The Morgan fingerprint density at radius 3 is 2.52 bits per heavy atom. The van der Waals surface area contributed by atoms with Crippen LogP contribution in [0, 0.1) is 5.92 Å². The number of hydrogen-bond donors (Lipinski definition) is 2. The number of carbonyl (C=O) groups excluding carboxylic acids is 3. The van der Waals surface area contributed by atoms with Gasteiger partial charge in [-0.1, -0.05) is 55.5 Å². The molecule has 0 bridgehead atoms. The fourth-order valence-electron chi connectivity index (χ4n) is 3.65. The summed E-state index contributed by atoms with van der Waals surface area (Å²) in [6.07, 6.45) is 0.978. The molecule has 2 N–H and O–H groups in total. The molecular formula is C23H27N3O3. The minimum Gasteiger partial charge on any atom is -0.347 e.